The molecule has 0 bridgehead atoms. The molecule has 86 valence electrons. The summed E-state index contributed by atoms with van der Waals surface area (Å²) in [6.45, 7) is 3.36. The van der Waals surface area contributed by atoms with Crippen molar-refractivity contribution in [2.45, 2.75) is 20.0 Å². The van der Waals surface area contributed by atoms with Crippen molar-refractivity contribution < 1.29 is 19.4 Å². The molecule has 6 heteroatoms. The normalized spacial score (nSPS) is 10.2. The van der Waals surface area contributed by atoms with Crippen molar-refractivity contribution in [2.75, 3.05) is 0 Å². The third kappa shape index (κ3) is 3.03. The quantitative estimate of drug-likeness (QED) is 0.862. The Kier molecular flexibility index (Phi) is 4.00. The fourth-order valence-electron chi connectivity index (χ4n) is 1.03. The monoisotopic (exact) mass is 287 g/mol. The second-order valence-corrected chi connectivity index (χ2v) is 4.22. The zero-order chi connectivity index (χ0) is 12.3. The van der Waals surface area contributed by atoms with Gasteiger partial charge >= 0.3 is 11.9 Å². The predicted molar refractivity (Wildman–Crippen MR) is 59.4 cm³/mol. The van der Waals surface area contributed by atoms with Gasteiger partial charge in [0.25, 0.3) is 0 Å². The summed E-state index contributed by atoms with van der Waals surface area (Å²) < 4.78 is 5.38. The Bertz CT molecular complexity index is 431. The summed E-state index contributed by atoms with van der Waals surface area (Å²) >= 11 is 3.09. The van der Waals surface area contributed by atoms with Gasteiger partial charge in [-0.25, -0.2) is 14.6 Å². The second-order valence-electron chi connectivity index (χ2n) is 3.31. The SMILES string of the molecule is CC(C)OC(=O)c1ncc(Br)cc1C(=O)O. The van der Waals surface area contributed by atoms with E-state index in [2.05, 4.69) is 20.9 Å². The van der Waals surface area contributed by atoms with Crippen LogP contribution in [0.15, 0.2) is 16.7 Å². The van der Waals surface area contributed by atoms with E-state index in [9.17, 15) is 9.59 Å². The Morgan fingerprint density at radius 3 is 2.62 bits per heavy atom. The smallest absolute Gasteiger partial charge is 0.358 e. The van der Waals surface area contributed by atoms with E-state index in [0.29, 0.717) is 4.47 Å². The van der Waals surface area contributed by atoms with Gasteiger partial charge in [-0.2, -0.15) is 0 Å². The minimum atomic E-state index is -1.22. The molecule has 0 spiro atoms. The molecule has 1 aromatic heterocycles. The molecule has 0 aliphatic rings. The molecule has 0 unspecified atom stereocenters. The Labute approximate surface area is 101 Å². The number of pyridine rings is 1. The van der Waals surface area contributed by atoms with E-state index in [4.69, 9.17) is 9.84 Å². The maximum Gasteiger partial charge on any atom is 0.358 e. The van der Waals surface area contributed by atoms with E-state index in [-0.39, 0.29) is 17.4 Å². The van der Waals surface area contributed by atoms with Crippen LogP contribution in [0.1, 0.15) is 34.7 Å². The third-order valence-corrected chi connectivity index (χ3v) is 2.05. The topological polar surface area (TPSA) is 76.5 Å². The lowest BCUT2D eigenvalue weighted by atomic mass is 10.2. The molecule has 0 fully saturated rings. The van der Waals surface area contributed by atoms with Crippen LogP contribution in [0.25, 0.3) is 0 Å². The zero-order valence-electron chi connectivity index (χ0n) is 8.73. The number of esters is 1. The lowest BCUT2D eigenvalue weighted by Gasteiger charge is -2.09. The first kappa shape index (κ1) is 12.6. The average Bonchev–Trinajstić information content (AvgIpc) is 2.16. The molecule has 0 saturated heterocycles. The molecule has 0 atom stereocenters. The fourth-order valence-corrected chi connectivity index (χ4v) is 1.37. The third-order valence-electron chi connectivity index (χ3n) is 1.62. The Morgan fingerprint density at radius 2 is 2.12 bits per heavy atom. The number of ether oxygens (including phenoxy) is 1. The van der Waals surface area contributed by atoms with Gasteiger partial charge < -0.3 is 9.84 Å². The van der Waals surface area contributed by atoms with Crippen molar-refractivity contribution in [1.82, 2.24) is 4.98 Å². The number of hydrogen-bond acceptors (Lipinski definition) is 4. The largest absolute Gasteiger partial charge is 0.478 e. The highest BCUT2D eigenvalue weighted by Gasteiger charge is 2.20. The molecule has 1 rings (SSSR count). The van der Waals surface area contributed by atoms with Crippen LogP contribution < -0.4 is 0 Å². The number of nitrogens with zero attached hydrogens (tertiary/aromatic N) is 1. The number of rotatable bonds is 3. The van der Waals surface area contributed by atoms with Crippen molar-refractivity contribution in [1.29, 1.82) is 0 Å². The van der Waals surface area contributed by atoms with Gasteiger partial charge in [-0.3, -0.25) is 0 Å². The van der Waals surface area contributed by atoms with Gasteiger partial charge in [-0.1, -0.05) is 0 Å². The molecular formula is C10H10BrNO4. The number of halogens is 1. The Hall–Kier alpha value is -1.43. The summed E-state index contributed by atoms with van der Waals surface area (Å²) in [5.41, 5.74) is -0.371. The highest BCUT2D eigenvalue weighted by molar-refractivity contribution is 9.10. The summed E-state index contributed by atoms with van der Waals surface area (Å²) in [5.74, 6) is -1.95. The van der Waals surface area contributed by atoms with Gasteiger partial charge in [0, 0.05) is 10.7 Å². The molecule has 0 radical (unpaired) electrons. The first-order valence-corrected chi connectivity index (χ1v) is 5.31. The number of carbonyl (C=O) groups excluding carboxylic acids is 1. The fraction of sp³-hybridized carbons (Fsp3) is 0.300. The Balaban J connectivity index is 3.12. The minimum Gasteiger partial charge on any atom is -0.478 e. The highest BCUT2D eigenvalue weighted by Crippen LogP contribution is 2.15. The van der Waals surface area contributed by atoms with E-state index in [0.717, 1.165) is 0 Å². The van der Waals surface area contributed by atoms with E-state index >= 15 is 0 Å². The van der Waals surface area contributed by atoms with E-state index in [1.807, 2.05) is 0 Å². The predicted octanol–water partition coefficient (Wildman–Crippen LogP) is 2.11. The number of aromatic carboxylic acids is 1. The number of carboxylic acids is 1. The average molecular weight is 288 g/mol. The minimum absolute atomic E-state index is 0.181. The molecular weight excluding hydrogens is 278 g/mol. The number of carboxylic acid groups (broad SMARTS) is 1. The van der Waals surface area contributed by atoms with Crippen LogP contribution in [0.5, 0.6) is 0 Å². The van der Waals surface area contributed by atoms with Crippen molar-refractivity contribution in [2.24, 2.45) is 0 Å². The standard InChI is InChI=1S/C10H10BrNO4/c1-5(2)16-10(15)8-7(9(13)14)3-6(11)4-12-8/h3-5H,1-2H3,(H,13,14). The first-order chi connectivity index (χ1) is 7.41. The van der Waals surface area contributed by atoms with Gasteiger partial charge in [0.05, 0.1) is 11.7 Å². The molecule has 0 aliphatic heterocycles. The molecule has 1 heterocycles. The number of carbonyl (C=O) groups is 2. The lowest BCUT2D eigenvalue weighted by molar-refractivity contribution is 0.0363. The van der Waals surface area contributed by atoms with Crippen LogP contribution in [-0.2, 0) is 4.74 Å². The summed E-state index contributed by atoms with van der Waals surface area (Å²) in [5, 5.41) is 8.90. The number of hydrogen-bond donors (Lipinski definition) is 1. The molecule has 0 aromatic carbocycles. The number of aromatic nitrogens is 1. The maximum absolute atomic E-state index is 11.5. The summed E-state index contributed by atoms with van der Waals surface area (Å²) in [6.07, 6.45) is 1.03. The first-order valence-electron chi connectivity index (χ1n) is 4.51. The van der Waals surface area contributed by atoms with Crippen LogP contribution in [-0.4, -0.2) is 28.1 Å². The van der Waals surface area contributed by atoms with E-state index < -0.39 is 11.9 Å². The van der Waals surface area contributed by atoms with Gasteiger partial charge in [-0.15, -0.1) is 0 Å². The van der Waals surface area contributed by atoms with Crippen molar-refractivity contribution in [3.63, 3.8) is 0 Å². The molecule has 1 aromatic rings. The van der Waals surface area contributed by atoms with Crippen LogP contribution >= 0.6 is 15.9 Å². The van der Waals surface area contributed by atoms with Crippen LogP contribution in [0.4, 0.5) is 0 Å². The second kappa shape index (κ2) is 5.07. The van der Waals surface area contributed by atoms with Crippen molar-refractivity contribution in [3.05, 3.63) is 28.0 Å². The van der Waals surface area contributed by atoms with E-state index in [1.165, 1.54) is 12.3 Å². The molecule has 5 nitrogen and oxygen atoms in total. The van der Waals surface area contributed by atoms with Gasteiger partial charge in [-0.05, 0) is 35.8 Å². The van der Waals surface area contributed by atoms with Crippen molar-refractivity contribution in [3.8, 4) is 0 Å². The maximum atomic E-state index is 11.5. The molecule has 16 heavy (non-hydrogen) atoms. The summed E-state index contributed by atoms with van der Waals surface area (Å²) in [7, 11) is 0. The van der Waals surface area contributed by atoms with Gasteiger partial charge in [0.15, 0.2) is 5.69 Å². The van der Waals surface area contributed by atoms with E-state index in [1.54, 1.807) is 13.8 Å². The molecule has 0 aliphatic carbocycles. The van der Waals surface area contributed by atoms with Gasteiger partial charge in [0.2, 0.25) is 0 Å². The molecule has 1 N–H and O–H groups in total. The summed E-state index contributed by atoms with van der Waals surface area (Å²) in [6, 6.07) is 1.31. The Morgan fingerprint density at radius 1 is 1.50 bits per heavy atom. The highest BCUT2D eigenvalue weighted by atomic mass is 79.9. The van der Waals surface area contributed by atoms with Crippen molar-refractivity contribution >= 4 is 27.9 Å². The van der Waals surface area contributed by atoms with Crippen LogP contribution in [0, 0.1) is 0 Å². The zero-order valence-corrected chi connectivity index (χ0v) is 10.3. The van der Waals surface area contributed by atoms with Crippen LogP contribution in [0.3, 0.4) is 0 Å². The summed E-state index contributed by atoms with van der Waals surface area (Å²) in [4.78, 5) is 26.2. The molecule has 0 saturated carbocycles. The van der Waals surface area contributed by atoms with Gasteiger partial charge in [0.1, 0.15) is 0 Å². The lowest BCUT2D eigenvalue weighted by Crippen LogP contribution is -2.17. The van der Waals surface area contributed by atoms with Crippen LogP contribution in [0.2, 0.25) is 0 Å². The molecule has 0 amide bonds.